The van der Waals surface area contributed by atoms with E-state index in [2.05, 4.69) is 22.0 Å². The van der Waals surface area contributed by atoms with Crippen LogP contribution >= 0.6 is 12.2 Å². The molecule has 1 atom stereocenters. The topological polar surface area (TPSA) is 86.5 Å². The summed E-state index contributed by atoms with van der Waals surface area (Å²) in [6.07, 6.45) is 10.0. The lowest BCUT2D eigenvalue weighted by molar-refractivity contribution is 0.156. The molecule has 3 rings (SSSR count). The van der Waals surface area contributed by atoms with E-state index in [4.69, 9.17) is 12.2 Å². The summed E-state index contributed by atoms with van der Waals surface area (Å²) < 4.78 is 1.78. The Labute approximate surface area is 163 Å². The van der Waals surface area contributed by atoms with Crippen LogP contribution in [0, 0.1) is 4.77 Å². The molecule has 0 amide bonds. The molecular formula is C19H25N5O2S. The van der Waals surface area contributed by atoms with Crippen molar-refractivity contribution in [2.75, 3.05) is 6.54 Å². The molecule has 0 aromatic carbocycles. The molecule has 2 N–H and O–H groups in total. The Morgan fingerprint density at radius 3 is 3.07 bits per heavy atom. The van der Waals surface area contributed by atoms with E-state index in [1.54, 1.807) is 10.8 Å². The van der Waals surface area contributed by atoms with Crippen molar-refractivity contribution in [1.29, 1.82) is 0 Å². The number of aromatic nitrogens is 3. The SMILES string of the molecule is CCCCn1c(O)c(C=NN2CCCCC2c2cccnc2)c(=O)[nH]c1=S. The highest BCUT2D eigenvalue weighted by atomic mass is 32.1. The molecule has 1 aliphatic rings. The zero-order valence-corrected chi connectivity index (χ0v) is 16.3. The molecule has 8 heteroatoms. The summed E-state index contributed by atoms with van der Waals surface area (Å²) in [6.45, 7) is 3.41. The summed E-state index contributed by atoms with van der Waals surface area (Å²) >= 11 is 5.18. The van der Waals surface area contributed by atoms with Crippen molar-refractivity contribution in [3.8, 4) is 5.88 Å². The van der Waals surface area contributed by atoms with Crippen LogP contribution < -0.4 is 5.56 Å². The molecule has 0 aliphatic carbocycles. The molecule has 2 aromatic heterocycles. The largest absolute Gasteiger partial charge is 0.494 e. The predicted octanol–water partition coefficient (Wildman–Crippen LogP) is 3.37. The van der Waals surface area contributed by atoms with E-state index in [0.29, 0.717) is 6.54 Å². The number of aromatic amines is 1. The van der Waals surface area contributed by atoms with Crippen molar-refractivity contribution in [2.45, 2.75) is 51.6 Å². The highest BCUT2D eigenvalue weighted by Gasteiger charge is 2.23. The minimum absolute atomic E-state index is 0.121. The molecule has 0 bridgehead atoms. The number of unbranched alkanes of at least 4 members (excludes halogenated alkanes) is 1. The van der Waals surface area contributed by atoms with E-state index >= 15 is 0 Å². The summed E-state index contributed by atoms with van der Waals surface area (Å²) in [5, 5.41) is 17.1. The highest BCUT2D eigenvalue weighted by molar-refractivity contribution is 7.71. The number of nitrogens with one attached hydrogen (secondary N) is 1. The van der Waals surface area contributed by atoms with Gasteiger partial charge in [0.05, 0.1) is 12.3 Å². The molecule has 0 radical (unpaired) electrons. The lowest BCUT2D eigenvalue weighted by Crippen LogP contribution is -2.29. The minimum atomic E-state index is -0.427. The van der Waals surface area contributed by atoms with Crippen LogP contribution in [0.15, 0.2) is 34.4 Å². The van der Waals surface area contributed by atoms with E-state index in [9.17, 15) is 9.90 Å². The van der Waals surface area contributed by atoms with Crippen molar-refractivity contribution in [3.63, 3.8) is 0 Å². The molecular weight excluding hydrogens is 362 g/mol. The number of nitrogens with zero attached hydrogens (tertiary/aromatic N) is 4. The fraction of sp³-hybridized carbons (Fsp3) is 0.474. The van der Waals surface area contributed by atoms with Crippen molar-refractivity contribution >= 4 is 18.4 Å². The van der Waals surface area contributed by atoms with Crippen LogP contribution in [0.4, 0.5) is 0 Å². The average Bonchev–Trinajstić information content (AvgIpc) is 2.68. The standard InChI is InChI=1S/C19H25N5O2S/c1-2-3-10-23-18(26)15(17(25)22-19(23)27)13-21-24-11-5-4-8-16(24)14-7-6-9-20-12-14/h6-7,9,12-13,16,26H,2-5,8,10-11H2,1H3,(H,22,25,27). The smallest absolute Gasteiger partial charge is 0.264 e. The second-order valence-corrected chi connectivity index (χ2v) is 7.09. The van der Waals surface area contributed by atoms with Crippen LogP contribution in [0.1, 0.15) is 56.2 Å². The maximum Gasteiger partial charge on any atom is 0.264 e. The number of aromatic hydroxyl groups is 1. The van der Waals surface area contributed by atoms with Crippen molar-refractivity contribution in [1.82, 2.24) is 19.5 Å². The second kappa shape index (κ2) is 8.94. The maximum atomic E-state index is 12.3. The van der Waals surface area contributed by atoms with Crippen molar-refractivity contribution < 1.29 is 5.11 Å². The van der Waals surface area contributed by atoms with Gasteiger partial charge in [-0.25, -0.2) is 0 Å². The van der Waals surface area contributed by atoms with Gasteiger partial charge in [0.15, 0.2) is 4.77 Å². The van der Waals surface area contributed by atoms with Gasteiger partial charge >= 0.3 is 0 Å². The number of hydrogen-bond donors (Lipinski definition) is 2. The van der Waals surface area contributed by atoms with E-state index in [1.165, 1.54) is 6.21 Å². The van der Waals surface area contributed by atoms with Gasteiger partial charge in [-0.3, -0.25) is 24.3 Å². The van der Waals surface area contributed by atoms with Gasteiger partial charge in [0.1, 0.15) is 5.56 Å². The predicted molar refractivity (Wildman–Crippen MR) is 108 cm³/mol. The highest BCUT2D eigenvalue weighted by Crippen LogP contribution is 2.30. The lowest BCUT2D eigenvalue weighted by atomic mass is 9.98. The Morgan fingerprint density at radius 1 is 1.48 bits per heavy atom. The van der Waals surface area contributed by atoms with Gasteiger partial charge in [-0.15, -0.1) is 0 Å². The monoisotopic (exact) mass is 387 g/mol. The summed E-state index contributed by atoms with van der Waals surface area (Å²) in [7, 11) is 0. The van der Waals surface area contributed by atoms with Crippen LogP contribution in [-0.2, 0) is 6.54 Å². The third-order valence-electron chi connectivity index (χ3n) is 4.82. The Hall–Kier alpha value is -2.48. The average molecular weight is 388 g/mol. The van der Waals surface area contributed by atoms with Gasteiger partial charge in [-0.2, -0.15) is 5.10 Å². The molecule has 7 nitrogen and oxygen atoms in total. The summed E-state index contributed by atoms with van der Waals surface area (Å²) in [5.74, 6) is -0.129. The van der Waals surface area contributed by atoms with Crippen LogP contribution in [0.25, 0.3) is 0 Å². The zero-order valence-electron chi connectivity index (χ0n) is 15.5. The summed E-state index contributed by atoms with van der Waals surface area (Å²) in [6, 6.07) is 4.08. The number of piperidine rings is 1. The number of pyridine rings is 1. The number of hydrazone groups is 1. The third-order valence-corrected chi connectivity index (χ3v) is 5.14. The Kier molecular flexibility index (Phi) is 6.39. The molecule has 1 aliphatic heterocycles. The Morgan fingerprint density at radius 2 is 2.33 bits per heavy atom. The van der Waals surface area contributed by atoms with Crippen molar-refractivity contribution in [2.24, 2.45) is 5.10 Å². The fourth-order valence-electron chi connectivity index (χ4n) is 3.31. The molecule has 0 saturated carbocycles. The first-order valence-electron chi connectivity index (χ1n) is 9.38. The van der Waals surface area contributed by atoms with Gasteiger partial charge in [-0.05, 0) is 49.5 Å². The first-order valence-corrected chi connectivity index (χ1v) is 9.79. The molecule has 2 aromatic rings. The number of hydrogen-bond acceptors (Lipinski definition) is 6. The van der Waals surface area contributed by atoms with E-state index in [1.807, 2.05) is 23.3 Å². The second-order valence-electron chi connectivity index (χ2n) is 6.71. The first-order chi connectivity index (χ1) is 13.1. The summed E-state index contributed by atoms with van der Waals surface area (Å²) in [5.41, 5.74) is 0.811. The Bertz CT molecular complexity index is 907. The van der Waals surface area contributed by atoms with Gasteiger partial charge in [0.25, 0.3) is 5.56 Å². The third kappa shape index (κ3) is 4.44. The van der Waals surface area contributed by atoms with E-state index in [0.717, 1.165) is 44.2 Å². The van der Waals surface area contributed by atoms with Gasteiger partial charge in [0, 0.05) is 25.5 Å². The van der Waals surface area contributed by atoms with Gasteiger partial charge < -0.3 is 5.11 Å². The van der Waals surface area contributed by atoms with Crippen molar-refractivity contribution in [3.05, 3.63) is 50.8 Å². The Balaban J connectivity index is 1.90. The molecule has 1 unspecified atom stereocenters. The quantitative estimate of drug-likeness (QED) is 0.586. The van der Waals surface area contributed by atoms with Crippen LogP contribution in [-0.4, -0.2) is 37.4 Å². The fourth-order valence-corrected chi connectivity index (χ4v) is 3.58. The van der Waals surface area contributed by atoms with Gasteiger partial charge in [-0.1, -0.05) is 19.4 Å². The van der Waals surface area contributed by atoms with E-state index < -0.39 is 5.56 Å². The number of rotatable bonds is 6. The molecule has 144 valence electrons. The maximum absolute atomic E-state index is 12.3. The van der Waals surface area contributed by atoms with Crippen LogP contribution in [0.5, 0.6) is 5.88 Å². The minimum Gasteiger partial charge on any atom is -0.494 e. The molecule has 1 fully saturated rings. The molecule has 1 saturated heterocycles. The zero-order chi connectivity index (χ0) is 19.2. The van der Waals surface area contributed by atoms with Crippen LogP contribution in [0.2, 0.25) is 0 Å². The van der Waals surface area contributed by atoms with E-state index in [-0.39, 0.29) is 22.3 Å². The number of H-pyrrole nitrogens is 1. The van der Waals surface area contributed by atoms with Gasteiger partial charge in [0.2, 0.25) is 5.88 Å². The van der Waals surface area contributed by atoms with Crippen LogP contribution in [0.3, 0.4) is 0 Å². The summed E-state index contributed by atoms with van der Waals surface area (Å²) in [4.78, 5) is 19.1. The molecule has 0 spiro atoms. The lowest BCUT2D eigenvalue weighted by Gasteiger charge is -2.33. The molecule has 3 heterocycles. The first kappa shape index (κ1) is 19.3. The normalized spacial score (nSPS) is 17.5. The molecule has 27 heavy (non-hydrogen) atoms.